The van der Waals surface area contributed by atoms with Crippen LogP contribution in [-0.2, 0) is 0 Å². The fourth-order valence-corrected chi connectivity index (χ4v) is 2.52. The number of para-hydroxylation sites is 1. The third-order valence-corrected chi connectivity index (χ3v) is 3.45. The van der Waals surface area contributed by atoms with Gasteiger partial charge in [-0.05, 0) is 11.6 Å². The molecule has 0 aliphatic carbocycles. The van der Waals surface area contributed by atoms with Crippen LogP contribution in [0.15, 0.2) is 54.6 Å². The van der Waals surface area contributed by atoms with E-state index in [9.17, 15) is 0 Å². The first kappa shape index (κ1) is 13.9. The maximum Gasteiger partial charge on any atom is 0.0446 e. The molecule has 0 spiro atoms. The molecule has 2 aromatic carbocycles. The second-order valence-corrected chi connectivity index (χ2v) is 4.62. The molecule has 19 heavy (non-hydrogen) atoms. The van der Waals surface area contributed by atoms with Crippen molar-refractivity contribution in [2.45, 2.75) is 0 Å². The molecule has 3 rings (SSSR count). The van der Waals surface area contributed by atoms with Crippen molar-refractivity contribution in [1.82, 2.24) is 5.32 Å². The first-order valence-corrected chi connectivity index (χ1v) is 6.55. The predicted molar refractivity (Wildman–Crippen MR) is 84.2 cm³/mol. The SMILES string of the molecule is Cl.c1ccc(-c2ccccc2N2CCNCC2)cc1. The average Bonchev–Trinajstić information content (AvgIpc) is 2.49. The second kappa shape index (κ2) is 6.60. The zero-order valence-electron chi connectivity index (χ0n) is 10.9. The Morgan fingerprint density at radius 2 is 1.42 bits per heavy atom. The van der Waals surface area contributed by atoms with Gasteiger partial charge in [-0.25, -0.2) is 0 Å². The van der Waals surface area contributed by atoms with Gasteiger partial charge in [-0.15, -0.1) is 12.4 Å². The van der Waals surface area contributed by atoms with Crippen LogP contribution >= 0.6 is 12.4 Å². The van der Waals surface area contributed by atoms with Crippen LogP contribution in [0.3, 0.4) is 0 Å². The van der Waals surface area contributed by atoms with Crippen LogP contribution < -0.4 is 10.2 Å². The highest BCUT2D eigenvalue weighted by Gasteiger charge is 2.14. The molecule has 1 saturated heterocycles. The van der Waals surface area contributed by atoms with E-state index in [1.54, 1.807) is 0 Å². The van der Waals surface area contributed by atoms with E-state index in [1.807, 2.05) is 0 Å². The summed E-state index contributed by atoms with van der Waals surface area (Å²) < 4.78 is 0. The molecule has 100 valence electrons. The molecule has 0 bridgehead atoms. The Morgan fingerprint density at radius 1 is 0.789 bits per heavy atom. The van der Waals surface area contributed by atoms with Crippen molar-refractivity contribution in [3.05, 3.63) is 54.6 Å². The van der Waals surface area contributed by atoms with Gasteiger partial charge in [0.1, 0.15) is 0 Å². The van der Waals surface area contributed by atoms with Gasteiger partial charge in [0.25, 0.3) is 0 Å². The molecule has 2 aromatic rings. The standard InChI is InChI=1S/C16H18N2.ClH/c1-2-6-14(7-3-1)15-8-4-5-9-16(15)18-12-10-17-11-13-18;/h1-9,17H,10-13H2;1H. The number of piperazine rings is 1. The van der Waals surface area contributed by atoms with E-state index in [0.717, 1.165) is 26.2 Å². The number of anilines is 1. The predicted octanol–water partition coefficient (Wildman–Crippen LogP) is 3.19. The zero-order chi connectivity index (χ0) is 12.2. The van der Waals surface area contributed by atoms with Crippen LogP contribution in [0, 0.1) is 0 Å². The Hall–Kier alpha value is -1.51. The average molecular weight is 275 g/mol. The Labute approximate surface area is 120 Å². The lowest BCUT2D eigenvalue weighted by Gasteiger charge is -2.31. The third-order valence-electron chi connectivity index (χ3n) is 3.45. The molecular formula is C16H19ClN2. The lowest BCUT2D eigenvalue weighted by atomic mass is 10.0. The Morgan fingerprint density at radius 3 is 2.16 bits per heavy atom. The van der Waals surface area contributed by atoms with E-state index in [-0.39, 0.29) is 12.4 Å². The molecule has 2 nitrogen and oxygen atoms in total. The van der Waals surface area contributed by atoms with Crippen LogP contribution in [-0.4, -0.2) is 26.2 Å². The fourth-order valence-electron chi connectivity index (χ4n) is 2.52. The number of nitrogens with zero attached hydrogens (tertiary/aromatic N) is 1. The zero-order valence-corrected chi connectivity index (χ0v) is 11.7. The van der Waals surface area contributed by atoms with Gasteiger partial charge in [0.15, 0.2) is 0 Å². The smallest absolute Gasteiger partial charge is 0.0446 e. The highest BCUT2D eigenvalue weighted by atomic mass is 35.5. The molecule has 0 atom stereocenters. The first-order chi connectivity index (χ1) is 8.95. The maximum absolute atomic E-state index is 3.40. The van der Waals surface area contributed by atoms with Crippen LogP contribution in [0.25, 0.3) is 11.1 Å². The summed E-state index contributed by atoms with van der Waals surface area (Å²) in [6, 6.07) is 19.3. The van der Waals surface area contributed by atoms with Crippen molar-refractivity contribution < 1.29 is 0 Å². The number of hydrogen-bond donors (Lipinski definition) is 1. The quantitative estimate of drug-likeness (QED) is 0.905. The lowest BCUT2D eigenvalue weighted by Crippen LogP contribution is -2.43. The minimum Gasteiger partial charge on any atom is -0.368 e. The highest BCUT2D eigenvalue weighted by Crippen LogP contribution is 2.30. The number of halogens is 1. The molecule has 0 aromatic heterocycles. The summed E-state index contributed by atoms with van der Waals surface area (Å²) in [5.41, 5.74) is 3.98. The monoisotopic (exact) mass is 274 g/mol. The minimum atomic E-state index is 0. The normalized spacial score (nSPS) is 14.8. The van der Waals surface area contributed by atoms with Gasteiger partial charge in [0, 0.05) is 37.4 Å². The molecule has 0 unspecified atom stereocenters. The van der Waals surface area contributed by atoms with Crippen molar-refractivity contribution in [3.63, 3.8) is 0 Å². The van der Waals surface area contributed by atoms with Crippen LogP contribution in [0.5, 0.6) is 0 Å². The van der Waals surface area contributed by atoms with Crippen LogP contribution in [0.4, 0.5) is 5.69 Å². The van der Waals surface area contributed by atoms with Crippen LogP contribution in [0.1, 0.15) is 0 Å². The van der Waals surface area contributed by atoms with E-state index in [2.05, 4.69) is 64.8 Å². The molecular weight excluding hydrogens is 256 g/mol. The molecule has 1 aliphatic heterocycles. The fraction of sp³-hybridized carbons (Fsp3) is 0.250. The van der Waals surface area contributed by atoms with Gasteiger partial charge in [-0.2, -0.15) is 0 Å². The summed E-state index contributed by atoms with van der Waals surface area (Å²) >= 11 is 0. The van der Waals surface area contributed by atoms with Crippen molar-refractivity contribution in [2.75, 3.05) is 31.1 Å². The Bertz CT molecular complexity index is 507. The van der Waals surface area contributed by atoms with Crippen molar-refractivity contribution in [1.29, 1.82) is 0 Å². The van der Waals surface area contributed by atoms with E-state index in [0.29, 0.717) is 0 Å². The van der Waals surface area contributed by atoms with E-state index in [1.165, 1.54) is 16.8 Å². The lowest BCUT2D eigenvalue weighted by molar-refractivity contribution is 0.589. The van der Waals surface area contributed by atoms with Gasteiger partial charge < -0.3 is 10.2 Å². The number of hydrogen-bond acceptors (Lipinski definition) is 2. The minimum absolute atomic E-state index is 0. The number of benzene rings is 2. The molecule has 1 fully saturated rings. The molecule has 0 saturated carbocycles. The Kier molecular flexibility index (Phi) is 4.83. The van der Waals surface area contributed by atoms with Crippen molar-refractivity contribution in [3.8, 4) is 11.1 Å². The first-order valence-electron chi connectivity index (χ1n) is 6.55. The summed E-state index contributed by atoms with van der Waals surface area (Å²) in [4.78, 5) is 2.47. The Balaban J connectivity index is 0.00000133. The van der Waals surface area contributed by atoms with Gasteiger partial charge in [-0.1, -0.05) is 48.5 Å². The molecule has 1 aliphatic rings. The van der Waals surface area contributed by atoms with Gasteiger partial charge in [0.05, 0.1) is 0 Å². The summed E-state index contributed by atoms with van der Waals surface area (Å²) in [6.07, 6.45) is 0. The maximum atomic E-state index is 3.40. The molecule has 1 N–H and O–H groups in total. The summed E-state index contributed by atoms with van der Waals surface area (Å²) in [6.45, 7) is 4.32. The molecule has 0 radical (unpaired) electrons. The summed E-state index contributed by atoms with van der Waals surface area (Å²) in [5, 5.41) is 3.40. The second-order valence-electron chi connectivity index (χ2n) is 4.62. The molecule has 1 heterocycles. The van der Waals surface area contributed by atoms with Crippen LogP contribution in [0.2, 0.25) is 0 Å². The van der Waals surface area contributed by atoms with Gasteiger partial charge >= 0.3 is 0 Å². The van der Waals surface area contributed by atoms with Gasteiger partial charge in [0.2, 0.25) is 0 Å². The third kappa shape index (κ3) is 3.09. The molecule has 0 amide bonds. The number of nitrogens with one attached hydrogen (secondary N) is 1. The highest BCUT2D eigenvalue weighted by molar-refractivity contribution is 5.85. The van der Waals surface area contributed by atoms with E-state index in [4.69, 9.17) is 0 Å². The number of rotatable bonds is 2. The summed E-state index contributed by atoms with van der Waals surface area (Å²) in [7, 11) is 0. The van der Waals surface area contributed by atoms with Crippen molar-refractivity contribution >= 4 is 18.1 Å². The largest absolute Gasteiger partial charge is 0.368 e. The molecule has 3 heteroatoms. The van der Waals surface area contributed by atoms with Crippen molar-refractivity contribution in [2.24, 2.45) is 0 Å². The van der Waals surface area contributed by atoms with E-state index < -0.39 is 0 Å². The summed E-state index contributed by atoms with van der Waals surface area (Å²) in [5.74, 6) is 0. The van der Waals surface area contributed by atoms with E-state index >= 15 is 0 Å². The van der Waals surface area contributed by atoms with Gasteiger partial charge in [-0.3, -0.25) is 0 Å². The topological polar surface area (TPSA) is 15.3 Å².